The first-order valence-corrected chi connectivity index (χ1v) is 13.3. The lowest BCUT2D eigenvalue weighted by Gasteiger charge is -2.34. The Kier molecular flexibility index (Phi) is 8.91. The van der Waals surface area contributed by atoms with Crippen LogP contribution in [0.25, 0.3) is 10.9 Å². The van der Waals surface area contributed by atoms with Crippen molar-refractivity contribution in [2.45, 2.75) is 12.5 Å². The van der Waals surface area contributed by atoms with Gasteiger partial charge in [-0.05, 0) is 24.6 Å². The molecular formula is C27H31F2N9O3. The predicted molar refractivity (Wildman–Crippen MR) is 147 cm³/mol. The molecule has 0 aliphatic carbocycles. The molecule has 0 radical (unpaired) electrons. The van der Waals surface area contributed by atoms with Crippen molar-refractivity contribution in [3.05, 3.63) is 66.1 Å². The molecule has 12 nitrogen and oxygen atoms in total. The summed E-state index contributed by atoms with van der Waals surface area (Å²) >= 11 is 0. The van der Waals surface area contributed by atoms with E-state index in [1.807, 2.05) is 18.2 Å². The molecule has 1 fully saturated rings. The van der Waals surface area contributed by atoms with Gasteiger partial charge in [-0.25, -0.2) is 23.4 Å². The molecule has 1 unspecified atom stereocenters. The number of aliphatic hydroxyl groups excluding tert-OH is 1. The minimum Gasteiger partial charge on any atom is -0.493 e. The topological polar surface area (TPSA) is 148 Å². The Balaban J connectivity index is 1.21. The van der Waals surface area contributed by atoms with Crippen molar-refractivity contribution in [1.29, 1.82) is 0 Å². The van der Waals surface area contributed by atoms with E-state index < -0.39 is 23.6 Å². The molecule has 1 atom stereocenters. The molecule has 216 valence electrons. The number of hydrogen-bond donors (Lipinski definition) is 3. The van der Waals surface area contributed by atoms with Crippen molar-refractivity contribution < 1.29 is 23.4 Å². The number of piperazine rings is 1. The van der Waals surface area contributed by atoms with Crippen LogP contribution in [-0.2, 0) is 4.79 Å². The highest BCUT2D eigenvalue weighted by Crippen LogP contribution is 2.27. The summed E-state index contributed by atoms with van der Waals surface area (Å²) in [5.74, 6) is -1.88. The van der Waals surface area contributed by atoms with Crippen LogP contribution in [0.15, 0.2) is 48.9 Å². The number of β-amino-alcohol motifs (C(OH)–C–C–N with tert-alkyl or cyclic N) is 1. The van der Waals surface area contributed by atoms with Gasteiger partial charge in [0.15, 0.2) is 23.5 Å². The molecule has 2 aromatic heterocycles. The lowest BCUT2D eigenvalue weighted by molar-refractivity contribution is -0.120. The second-order valence-electron chi connectivity index (χ2n) is 9.67. The molecule has 0 saturated carbocycles. The number of fused-ring (bicyclic) bond motifs is 1. The number of nitrogens with one attached hydrogen (secondary N) is 1. The van der Waals surface area contributed by atoms with Crippen LogP contribution in [0.1, 0.15) is 18.0 Å². The van der Waals surface area contributed by atoms with Gasteiger partial charge in [-0.3, -0.25) is 9.69 Å². The Bertz CT molecular complexity index is 1490. The maximum atomic E-state index is 14.4. The van der Waals surface area contributed by atoms with Gasteiger partial charge < -0.3 is 25.8 Å². The van der Waals surface area contributed by atoms with E-state index in [4.69, 9.17) is 15.6 Å². The van der Waals surface area contributed by atoms with Crippen molar-refractivity contribution in [2.75, 3.05) is 57.8 Å². The number of halogens is 2. The third-order valence-corrected chi connectivity index (χ3v) is 6.94. The molecule has 0 spiro atoms. The average molecular weight is 568 g/mol. The Morgan fingerprint density at radius 3 is 2.63 bits per heavy atom. The van der Waals surface area contributed by atoms with Crippen LogP contribution < -0.4 is 15.8 Å². The minimum atomic E-state index is -1.40. The number of carbonyl (C=O) groups is 1. The van der Waals surface area contributed by atoms with Crippen molar-refractivity contribution in [2.24, 2.45) is 5.73 Å². The van der Waals surface area contributed by atoms with E-state index in [0.29, 0.717) is 29.1 Å². The van der Waals surface area contributed by atoms with Crippen LogP contribution in [-0.4, -0.2) is 98.3 Å². The number of rotatable bonds is 12. The maximum absolute atomic E-state index is 14.4. The highest BCUT2D eigenvalue weighted by Gasteiger charge is 2.26. The third-order valence-electron chi connectivity index (χ3n) is 6.94. The summed E-state index contributed by atoms with van der Waals surface area (Å²) in [5, 5.41) is 20.7. The van der Waals surface area contributed by atoms with E-state index >= 15 is 0 Å². The largest absolute Gasteiger partial charge is 0.493 e. The Labute approximate surface area is 234 Å². The van der Waals surface area contributed by atoms with E-state index in [-0.39, 0.29) is 18.0 Å². The molecule has 4 aromatic rings. The SMILES string of the molecule is NC(=O)C(c1cccc(F)c1F)n1cc(Nc2ncnc3cc(OCCCN4CCN(CCO)CC4)ccc23)nn1. The number of aromatic nitrogens is 5. The van der Waals surface area contributed by atoms with E-state index in [2.05, 4.69) is 35.4 Å². The fourth-order valence-electron chi connectivity index (χ4n) is 4.82. The van der Waals surface area contributed by atoms with Crippen LogP contribution in [0.3, 0.4) is 0 Å². The van der Waals surface area contributed by atoms with Gasteiger partial charge in [0.2, 0.25) is 5.91 Å². The summed E-state index contributed by atoms with van der Waals surface area (Å²) in [5.41, 5.74) is 5.87. The van der Waals surface area contributed by atoms with E-state index in [0.717, 1.165) is 56.4 Å². The monoisotopic (exact) mass is 567 g/mol. The first-order valence-electron chi connectivity index (χ1n) is 13.3. The lowest BCUT2D eigenvalue weighted by Crippen LogP contribution is -2.47. The summed E-state index contributed by atoms with van der Waals surface area (Å²) in [7, 11) is 0. The van der Waals surface area contributed by atoms with Gasteiger partial charge >= 0.3 is 0 Å². The molecular weight excluding hydrogens is 536 g/mol. The van der Waals surface area contributed by atoms with Gasteiger partial charge in [0.25, 0.3) is 0 Å². The van der Waals surface area contributed by atoms with Crippen LogP contribution in [0, 0.1) is 11.6 Å². The molecule has 1 aliphatic rings. The number of ether oxygens (including phenoxy) is 1. The zero-order valence-corrected chi connectivity index (χ0v) is 22.3. The summed E-state index contributed by atoms with van der Waals surface area (Å²) in [4.78, 5) is 25.4. The minimum absolute atomic E-state index is 0.196. The zero-order chi connectivity index (χ0) is 28.8. The van der Waals surface area contributed by atoms with Gasteiger partial charge in [-0.2, -0.15) is 0 Å². The molecule has 5 rings (SSSR count). The van der Waals surface area contributed by atoms with E-state index in [1.54, 1.807) is 0 Å². The molecule has 14 heteroatoms. The second kappa shape index (κ2) is 12.9. The number of nitrogens with two attached hydrogens (primary N) is 1. The second-order valence-corrected chi connectivity index (χ2v) is 9.67. The highest BCUT2D eigenvalue weighted by molar-refractivity contribution is 5.91. The molecule has 4 N–H and O–H groups in total. The summed E-state index contributed by atoms with van der Waals surface area (Å²) in [6.45, 7) is 6.34. The van der Waals surface area contributed by atoms with Gasteiger partial charge in [0.05, 0.1) is 24.9 Å². The highest BCUT2D eigenvalue weighted by atomic mass is 19.2. The normalized spacial score (nSPS) is 15.2. The van der Waals surface area contributed by atoms with Crippen LogP contribution in [0.2, 0.25) is 0 Å². The molecule has 1 saturated heterocycles. The Hall–Kier alpha value is -4.27. The number of benzene rings is 2. The van der Waals surface area contributed by atoms with Gasteiger partial charge in [0, 0.05) is 56.3 Å². The standard InChI is InChI=1S/C27H31F2N9O3/c28-21-4-1-3-20(24(21)29)25(26(30)40)38-16-23(34-35-38)33-27-19-6-5-18(15-22(19)31-17-32-27)41-14-2-7-36-8-10-37(11-9-36)12-13-39/h1,3-6,15-17,25,39H,2,7-14H2,(H2,30,40)(H,31,32,33). The first kappa shape index (κ1) is 28.3. The molecule has 2 aromatic carbocycles. The Morgan fingerprint density at radius 1 is 1.10 bits per heavy atom. The van der Waals surface area contributed by atoms with E-state index in [9.17, 15) is 13.6 Å². The van der Waals surface area contributed by atoms with Crippen molar-refractivity contribution in [3.8, 4) is 5.75 Å². The average Bonchev–Trinajstić information content (AvgIpc) is 3.42. The number of carbonyl (C=O) groups excluding carboxylic acids is 1. The van der Waals surface area contributed by atoms with Crippen molar-refractivity contribution >= 4 is 28.4 Å². The quantitative estimate of drug-likeness (QED) is 0.216. The zero-order valence-electron chi connectivity index (χ0n) is 22.3. The number of hydrogen-bond acceptors (Lipinski definition) is 10. The number of nitrogens with zero attached hydrogens (tertiary/aromatic N) is 7. The lowest BCUT2D eigenvalue weighted by atomic mass is 10.1. The predicted octanol–water partition coefficient (Wildman–Crippen LogP) is 1.70. The summed E-state index contributed by atoms with van der Waals surface area (Å²) < 4.78 is 35.2. The number of aliphatic hydroxyl groups is 1. The molecule has 41 heavy (non-hydrogen) atoms. The smallest absolute Gasteiger partial charge is 0.247 e. The number of amides is 1. The van der Waals surface area contributed by atoms with Crippen molar-refractivity contribution in [3.63, 3.8) is 0 Å². The summed E-state index contributed by atoms with van der Waals surface area (Å²) in [6, 6.07) is 7.58. The maximum Gasteiger partial charge on any atom is 0.247 e. The van der Waals surface area contributed by atoms with Gasteiger partial charge in [-0.1, -0.05) is 17.3 Å². The Morgan fingerprint density at radius 2 is 1.88 bits per heavy atom. The number of anilines is 2. The van der Waals surface area contributed by atoms with Crippen LogP contribution >= 0.6 is 0 Å². The fraction of sp³-hybridized carbons (Fsp3) is 0.370. The molecule has 1 aliphatic heterocycles. The molecule has 1 amide bonds. The van der Waals surface area contributed by atoms with E-state index in [1.165, 1.54) is 24.7 Å². The first-order chi connectivity index (χ1) is 19.9. The third kappa shape index (κ3) is 6.73. The van der Waals surface area contributed by atoms with Gasteiger partial charge in [-0.15, -0.1) is 5.10 Å². The molecule has 3 heterocycles. The van der Waals surface area contributed by atoms with Gasteiger partial charge in [0.1, 0.15) is 17.9 Å². The van der Waals surface area contributed by atoms with Crippen LogP contribution in [0.5, 0.6) is 5.75 Å². The number of primary amides is 1. The summed E-state index contributed by atoms with van der Waals surface area (Å²) in [6.07, 6.45) is 3.64. The fourth-order valence-corrected chi connectivity index (χ4v) is 4.82. The molecule has 0 bridgehead atoms. The van der Waals surface area contributed by atoms with Crippen molar-refractivity contribution in [1.82, 2.24) is 34.8 Å². The van der Waals surface area contributed by atoms with Crippen LogP contribution in [0.4, 0.5) is 20.4 Å².